The predicted octanol–water partition coefficient (Wildman–Crippen LogP) is 3.89. The smallest absolute Gasteiger partial charge is 0.323 e. The van der Waals surface area contributed by atoms with Gasteiger partial charge in [0, 0.05) is 23.7 Å². The van der Waals surface area contributed by atoms with Crippen LogP contribution in [0, 0.1) is 5.92 Å². The third-order valence-corrected chi connectivity index (χ3v) is 6.01. The molecule has 3 N–H and O–H groups in total. The van der Waals surface area contributed by atoms with Gasteiger partial charge in [0.2, 0.25) is 0 Å². The number of fused-ring (bicyclic) bond motifs is 1. The van der Waals surface area contributed by atoms with Crippen molar-refractivity contribution in [2.75, 3.05) is 19.6 Å². The SMILES string of the molecule is O=c1[nH]c2cc(Cl)c(C(O)CCN3CCC[C@@H](Cc4ccccc4)C3)cc2[nH]1. The van der Waals surface area contributed by atoms with E-state index >= 15 is 0 Å². The second kappa shape index (κ2) is 8.52. The van der Waals surface area contributed by atoms with Crippen molar-refractivity contribution >= 4 is 22.6 Å². The van der Waals surface area contributed by atoms with Gasteiger partial charge in [-0.3, -0.25) is 0 Å². The summed E-state index contributed by atoms with van der Waals surface area (Å²) in [5, 5.41) is 11.2. The summed E-state index contributed by atoms with van der Waals surface area (Å²) < 4.78 is 0. The Morgan fingerprint density at radius 3 is 2.71 bits per heavy atom. The molecule has 5 nitrogen and oxygen atoms in total. The van der Waals surface area contributed by atoms with E-state index in [0.29, 0.717) is 34.0 Å². The molecule has 1 saturated heterocycles. The number of piperidine rings is 1. The molecule has 6 heteroatoms. The molecular formula is C22H26ClN3O2. The number of H-pyrrole nitrogens is 2. The number of likely N-dealkylation sites (tertiary alicyclic amines) is 1. The summed E-state index contributed by atoms with van der Waals surface area (Å²) in [6.45, 7) is 2.99. The minimum atomic E-state index is -0.648. The third kappa shape index (κ3) is 4.49. The highest BCUT2D eigenvalue weighted by molar-refractivity contribution is 6.32. The first kappa shape index (κ1) is 19.2. The molecule has 0 saturated carbocycles. The number of hydrogen-bond donors (Lipinski definition) is 3. The van der Waals surface area contributed by atoms with E-state index in [1.165, 1.54) is 18.4 Å². The molecular weight excluding hydrogens is 374 g/mol. The molecule has 4 rings (SSSR count). The Bertz CT molecular complexity index is 982. The summed E-state index contributed by atoms with van der Waals surface area (Å²) in [6.07, 6.45) is 3.55. The van der Waals surface area contributed by atoms with Crippen LogP contribution in [0.4, 0.5) is 0 Å². The number of aromatic nitrogens is 2. The fourth-order valence-corrected chi connectivity index (χ4v) is 4.55. The summed E-state index contributed by atoms with van der Waals surface area (Å²) in [5.74, 6) is 0.665. The van der Waals surface area contributed by atoms with Gasteiger partial charge in [-0.25, -0.2) is 4.79 Å². The minimum absolute atomic E-state index is 0.268. The summed E-state index contributed by atoms with van der Waals surface area (Å²) in [5.41, 5.74) is 3.13. The second-order valence-electron chi connectivity index (χ2n) is 7.80. The highest BCUT2D eigenvalue weighted by Gasteiger charge is 2.22. The molecule has 1 aliphatic heterocycles. The van der Waals surface area contributed by atoms with Crippen LogP contribution < -0.4 is 5.69 Å². The molecule has 2 aromatic carbocycles. The zero-order valence-electron chi connectivity index (χ0n) is 15.8. The van der Waals surface area contributed by atoms with Crippen molar-refractivity contribution in [2.45, 2.75) is 31.8 Å². The number of nitrogens with zero attached hydrogens (tertiary/aromatic N) is 1. The highest BCUT2D eigenvalue weighted by atomic mass is 35.5. The van der Waals surface area contributed by atoms with E-state index in [0.717, 1.165) is 26.1 Å². The Morgan fingerprint density at radius 2 is 1.93 bits per heavy atom. The standard InChI is InChI=1S/C22H26ClN3O2/c23-18-13-20-19(24-22(28)25-20)12-17(18)21(27)8-10-26-9-4-7-16(14-26)11-15-5-2-1-3-6-15/h1-3,5-6,12-13,16,21,27H,4,7-11,14H2,(H2,24,25,28)/t16-,21?/m0/s1. The van der Waals surface area contributed by atoms with Crippen LogP contribution >= 0.6 is 11.6 Å². The maximum Gasteiger partial charge on any atom is 0.323 e. The molecule has 1 fully saturated rings. The molecule has 0 amide bonds. The van der Waals surface area contributed by atoms with Gasteiger partial charge in [0.25, 0.3) is 0 Å². The topological polar surface area (TPSA) is 72.1 Å². The lowest BCUT2D eigenvalue weighted by atomic mass is 9.91. The maximum atomic E-state index is 11.5. The number of imidazole rings is 1. The van der Waals surface area contributed by atoms with Crippen molar-refractivity contribution in [3.8, 4) is 0 Å². The molecule has 3 aromatic rings. The number of nitrogens with one attached hydrogen (secondary N) is 2. The van der Waals surface area contributed by atoms with E-state index in [4.69, 9.17) is 11.6 Å². The summed E-state index contributed by atoms with van der Waals surface area (Å²) in [6, 6.07) is 14.1. The lowest BCUT2D eigenvalue weighted by Gasteiger charge is -2.33. The van der Waals surface area contributed by atoms with Gasteiger partial charge in [-0.15, -0.1) is 0 Å². The van der Waals surface area contributed by atoms with Crippen LogP contribution in [0.15, 0.2) is 47.3 Å². The molecule has 2 atom stereocenters. The van der Waals surface area contributed by atoms with E-state index in [1.54, 1.807) is 12.1 Å². The number of aliphatic hydroxyl groups excluding tert-OH is 1. The van der Waals surface area contributed by atoms with Gasteiger partial charge in [0.05, 0.1) is 17.1 Å². The quantitative estimate of drug-likeness (QED) is 0.588. The Kier molecular flexibility index (Phi) is 5.85. The van der Waals surface area contributed by atoms with Crippen molar-refractivity contribution in [3.05, 3.63) is 69.1 Å². The van der Waals surface area contributed by atoms with Crippen LogP contribution in [0.1, 0.15) is 36.5 Å². The second-order valence-corrected chi connectivity index (χ2v) is 8.21. The molecule has 28 heavy (non-hydrogen) atoms. The molecule has 0 radical (unpaired) electrons. The number of aromatic amines is 2. The molecule has 0 spiro atoms. The van der Waals surface area contributed by atoms with Crippen molar-refractivity contribution in [1.82, 2.24) is 14.9 Å². The van der Waals surface area contributed by atoms with Crippen LogP contribution in [0.5, 0.6) is 0 Å². The first-order valence-electron chi connectivity index (χ1n) is 9.94. The zero-order chi connectivity index (χ0) is 19.5. The van der Waals surface area contributed by atoms with E-state index in [2.05, 4.69) is 45.2 Å². The number of hydrogen-bond acceptors (Lipinski definition) is 3. The van der Waals surface area contributed by atoms with Crippen molar-refractivity contribution in [1.29, 1.82) is 0 Å². The summed E-state index contributed by atoms with van der Waals surface area (Å²) >= 11 is 6.33. The van der Waals surface area contributed by atoms with Gasteiger partial charge in [0.1, 0.15) is 0 Å². The Labute approximate surface area is 169 Å². The molecule has 148 valence electrons. The molecule has 0 bridgehead atoms. The van der Waals surface area contributed by atoms with Crippen LogP contribution in [-0.4, -0.2) is 39.6 Å². The number of rotatable bonds is 6. The zero-order valence-corrected chi connectivity index (χ0v) is 16.6. The van der Waals surface area contributed by atoms with Crippen molar-refractivity contribution in [3.63, 3.8) is 0 Å². The molecule has 2 heterocycles. The van der Waals surface area contributed by atoms with Gasteiger partial charge in [-0.2, -0.15) is 0 Å². The Hall–Kier alpha value is -2.08. The van der Waals surface area contributed by atoms with Crippen LogP contribution in [0.25, 0.3) is 11.0 Å². The predicted molar refractivity (Wildman–Crippen MR) is 113 cm³/mol. The average molecular weight is 400 g/mol. The van der Waals surface area contributed by atoms with E-state index < -0.39 is 6.10 Å². The number of halogens is 1. The van der Waals surface area contributed by atoms with E-state index in [9.17, 15) is 9.90 Å². The fourth-order valence-electron chi connectivity index (χ4n) is 4.26. The van der Waals surface area contributed by atoms with Gasteiger partial charge in [-0.1, -0.05) is 41.9 Å². The van der Waals surface area contributed by atoms with Crippen LogP contribution in [0.2, 0.25) is 5.02 Å². The monoisotopic (exact) mass is 399 g/mol. The summed E-state index contributed by atoms with van der Waals surface area (Å²) in [4.78, 5) is 19.3. The summed E-state index contributed by atoms with van der Waals surface area (Å²) in [7, 11) is 0. The first-order chi connectivity index (χ1) is 13.6. The van der Waals surface area contributed by atoms with Gasteiger partial charge in [-0.05, 0) is 55.8 Å². The molecule has 1 unspecified atom stereocenters. The molecule has 1 aliphatic rings. The first-order valence-corrected chi connectivity index (χ1v) is 10.3. The average Bonchev–Trinajstić information content (AvgIpc) is 3.05. The number of benzene rings is 2. The minimum Gasteiger partial charge on any atom is -0.388 e. The van der Waals surface area contributed by atoms with Crippen LogP contribution in [0.3, 0.4) is 0 Å². The number of aliphatic hydroxyl groups is 1. The van der Waals surface area contributed by atoms with E-state index in [1.807, 2.05) is 0 Å². The largest absolute Gasteiger partial charge is 0.388 e. The van der Waals surface area contributed by atoms with Gasteiger partial charge < -0.3 is 20.0 Å². The Morgan fingerprint density at radius 1 is 1.18 bits per heavy atom. The van der Waals surface area contributed by atoms with E-state index in [-0.39, 0.29) is 5.69 Å². The fraction of sp³-hybridized carbons (Fsp3) is 0.409. The molecule has 1 aromatic heterocycles. The lowest BCUT2D eigenvalue weighted by molar-refractivity contribution is 0.118. The van der Waals surface area contributed by atoms with Gasteiger partial charge >= 0.3 is 5.69 Å². The van der Waals surface area contributed by atoms with Crippen molar-refractivity contribution in [2.24, 2.45) is 5.92 Å². The van der Waals surface area contributed by atoms with Gasteiger partial charge in [0.15, 0.2) is 0 Å². The maximum absolute atomic E-state index is 11.5. The Balaban J connectivity index is 1.36. The van der Waals surface area contributed by atoms with Crippen LogP contribution in [-0.2, 0) is 6.42 Å². The third-order valence-electron chi connectivity index (χ3n) is 5.68. The lowest BCUT2D eigenvalue weighted by Crippen LogP contribution is -2.37. The molecule has 0 aliphatic carbocycles. The highest BCUT2D eigenvalue weighted by Crippen LogP contribution is 2.29. The van der Waals surface area contributed by atoms with Crippen molar-refractivity contribution < 1.29 is 5.11 Å². The normalized spacial score (nSPS) is 19.1.